The molecule has 1 unspecified atom stereocenters. The molecule has 1 N–H and O–H groups in total. The number of aromatic nitrogens is 2. The quantitative estimate of drug-likeness (QED) is 0.752. The summed E-state index contributed by atoms with van der Waals surface area (Å²) in [6.45, 7) is 6.61. The Morgan fingerprint density at radius 3 is 2.96 bits per heavy atom. The molecular weight excluding hydrogens is 354 g/mol. The Hall–Kier alpha value is -2.89. The lowest BCUT2D eigenvalue weighted by atomic mass is 9.74. The van der Waals surface area contributed by atoms with Gasteiger partial charge in [0.25, 0.3) is 5.56 Å². The van der Waals surface area contributed by atoms with E-state index in [1.54, 1.807) is 6.07 Å². The molecule has 1 aromatic carbocycles. The summed E-state index contributed by atoms with van der Waals surface area (Å²) in [5.74, 6) is 1.76. The molecule has 0 fully saturated rings. The second-order valence-corrected chi connectivity index (χ2v) is 8.41. The van der Waals surface area contributed by atoms with Gasteiger partial charge in [-0.15, -0.1) is 0 Å². The van der Waals surface area contributed by atoms with E-state index in [2.05, 4.69) is 24.1 Å². The lowest BCUT2D eigenvalue weighted by Crippen LogP contribution is -2.36. The summed E-state index contributed by atoms with van der Waals surface area (Å²) in [5, 5.41) is 3.70. The maximum Gasteiger partial charge on any atom is 0.261 e. The van der Waals surface area contributed by atoms with Crippen LogP contribution in [0.1, 0.15) is 49.8 Å². The molecule has 1 aliphatic carbocycles. The number of hydrogen-bond acceptors (Lipinski definition) is 4. The second kappa shape index (κ2) is 6.93. The lowest BCUT2D eigenvalue weighted by molar-refractivity contribution is -0.122. The Balaban J connectivity index is 1.47. The number of carbonyl (C=O) groups is 1. The molecule has 6 heteroatoms. The van der Waals surface area contributed by atoms with Crippen LogP contribution in [0.3, 0.4) is 0 Å². The summed E-state index contributed by atoms with van der Waals surface area (Å²) in [5.41, 5.74) is 1.69. The molecule has 2 heterocycles. The van der Waals surface area contributed by atoms with Crippen LogP contribution in [0.4, 0.5) is 0 Å². The number of amides is 1. The minimum atomic E-state index is -0.120. The number of hydrogen-bond donors (Lipinski definition) is 1. The number of carbonyl (C=O) groups excluding carboxylic acids is 1. The van der Waals surface area contributed by atoms with E-state index in [0.29, 0.717) is 17.4 Å². The van der Waals surface area contributed by atoms with Crippen molar-refractivity contribution in [2.75, 3.05) is 0 Å². The van der Waals surface area contributed by atoms with Crippen molar-refractivity contribution in [3.05, 3.63) is 64.1 Å². The first-order chi connectivity index (χ1) is 13.3. The zero-order valence-corrected chi connectivity index (χ0v) is 16.5. The molecule has 0 bridgehead atoms. The first kappa shape index (κ1) is 18.5. The van der Waals surface area contributed by atoms with Crippen LogP contribution in [-0.4, -0.2) is 15.5 Å². The van der Waals surface area contributed by atoms with Gasteiger partial charge in [-0.3, -0.25) is 14.2 Å². The second-order valence-electron chi connectivity index (χ2n) is 8.41. The third kappa shape index (κ3) is 3.59. The van der Waals surface area contributed by atoms with Crippen LogP contribution in [0.2, 0.25) is 0 Å². The third-order valence-corrected chi connectivity index (χ3v) is 5.38. The van der Waals surface area contributed by atoms with Crippen LogP contribution in [0.15, 0.2) is 45.9 Å². The van der Waals surface area contributed by atoms with Crippen molar-refractivity contribution in [3.8, 4) is 0 Å². The van der Waals surface area contributed by atoms with Crippen LogP contribution in [0.5, 0.6) is 0 Å². The number of aryl methyl sites for hydroxylation is 2. The highest BCUT2D eigenvalue weighted by Gasteiger charge is 2.35. The molecule has 6 nitrogen and oxygen atoms in total. The Morgan fingerprint density at radius 2 is 2.14 bits per heavy atom. The van der Waals surface area contributed by atoms with Crippen molar-refractivity contribution in [2.45, 2.75) is 52.6 Å². The SMILES string of the molecule is Cc1cc2c(o1)CC(C)(C)CC2NC(=O)CCn1cnc2ccccc2c1=O. The zero-order valence-electron chi connectivity index (χ0n) is 16.5. The average molecular weight is 379 g/mol. The van der Waals surface area contributed by atoms with E-state index in [4.69, 9.17) is 4.42 Å². The van der Waals surface area contributed by atoms with Gasteiger partial charge in [-0.1, -0.05) is 26.0 Å². The van der Waals surface area contributed by atoms with Gasteiger partial charge in [0.05, 0.1) is 23.3 Å². The summed E-state index contributed by atoms with van der Waals surface area (Å²) >= 11 is 0. The Labute approximate surface area is 163 Å². The molecule has 1 aliphatic rings. The summed E-state index contributed by atoms with van der Waals surface area (Å²) in [7, 11) is 0. The molecule has 0 saturated carbocycles. The van der Waals surface area contributed by atoms with Gasteiger partial charge in [0.2, 0.25) is 5.91 Å². The molecule has 28 heavy (non-hydrogen) atoms. The molecule has 3 aromatic rings. The fourth-order valence-corrected chi connectivity index (χ4v) is 4.07. The molecule has 0 saturated heterocycles. The Bertz CT molecular complexity index is 1090. The summed E-state index contributed by atoms with van der Waals surface area (Å²) < 4.78 is 7.33. The molecule has 1 atom stereocenters. The number of nitrogens with zero attached hydrogens (tertiary/aromatic N) is 2. The van der Waals surface area contributed by atoms with Crippen molar-refractivity contribution < 1.29 is 9.21 Å². The minimum absolute atomic E-state index is 0.0600. The van der Waals surface area contributed by atoms with Gasteiger partial charge in [0.1, 0.15) is 11.5 Å². The minimum Gasteiger partial charge on any atom is -0.466 e. The van der Waals surface area contributed by atoms with Gasteiger partial charge in [-0.2, -0.15) is 0 Å². The molecule has 1 amide bonds. The normalized spacial score (nSPS) is 18.0. The number of benzene rings is 1. The van der Waals surface area contributed by atoms with E-state index in [1.807, 2.05) is 31.2 Å². The van der Waals surface area contributed by atoms with Gasteiger partial charge in [-0.05, 0) is 37.0 Å². The zero-order chi connectivity index (χ0) is 19.9. The van der Waals surface area contributed by atoms with E-state index < -0.39 is 0 Å². The average Bonchev–Trinajstić information content (AvgIpc) is 3.00. The van der Waals surface area contributed by atoms with E-state index in [1.165, 1.54) is 10.9 Å². The van der Waals surface area contributed by atoms with E-state index in [0.717, 1.165) is 29.9 Å². The fraction of sp³-hybridized carbons (Fsp3) is 0.409. The molecule has 4 rings (SSSR count). The molecule has 2 aromatic heterocycles. The number of furan rings is 1. The van der Waals surface area contributed by atoms with Crippen molar-refractivity contribution in [1.82, 2.24) is 14.9 Å². The van der Waals surface area contributed by atoms with E-state index in [9.17, 15) is 9.59 Å². The summed E-state index contributed by atoms with van der Waals surface area (Å²) in [6, 6.07) is 9.20. The predicted octanol–water partition coefficient (Wildman–Crippen LogP) is 3.52. The van der Waals surface area contributed by atoms with Crippen LogP contribution < -0.4 is 10.9 Å². The van der Waals surface area contributed by atoms with Crippen molar-refractivity contribution >= 4 is 16.8 Å². The smallest absolute Gasteiger partial charge is 0.261 e. The number of nitrogens with one attached hydrogen (secondary N) is 1. The van der Waals surface area contributed by atoms with Gasteiger partial charge < -0.3 is 9.73 Å². The third-order valence-electron chi connectivity index (χ3n) is 5.38. The van der Waals surface area contributed by atoms with E-state index in [-0.39, 0.29) is 29.3 Å². The van der Waals surface area contributed by atoms with Gasteiger partial charge in [-0.25, -0.2) is 4.98 Å². The highest BCUT2D eigenvalue weighted by molar-refractivity contribution is 5.77. The van der Waals surface area contributed by atoms with E-state index >= 15 is 0 Å². The molecular formula is C22H25N3O3. The van der Waals surface area contributed by atoms with Crippen LogP contribution in [0.25, 0.3) is 10.9 Å². The van der Waals surface area contributed by atoms with Crippen molar-refractivity contribution in [1.29, 1.82) is 0 Å². The monoisotopic (exact) mass is 379 g/mol. The molecule has 0 radical (unpaired) electrons. The maximum absolute atomic E-state index is 12.6. The van der Waals surface area contributed by atoms with Gasteiger partial charge >= 0.3 is 0 Å². The largest absolute Gasteiger partial charge is 0.466 e. The van der Waals surface area contributed by atoms with Crippen LogP contribution in [0, 0.1) is 12.3 Å². The highest BCUT2D eigenvalue weighted by Crippen LogP contribution is 2.42. The van der Waals surface area contributed by atoms with Crippen molar-refractivity contribution in [2.24, 2.45) is 5.41 Å². The number of rotatable bonds is 4. The number of fused-ring (bicyclic) bond motifs is 2. The van der Waals surface area contributed by atoms with Crippen molar-refractivity contribution in [3.63, 3.8) is 0 Å². The van der Waals surface area contributed by atoms with Gasteiger partial charge in [0.15, 0.2) is 0 Å². The lowest BCUT2D eigenvalue weighted by Gasteiger charge is -2.34. The number of para-hydroxylation sites is 1. The highest BCUT2D eigenvalue weighted by atomic mass is 16.3. The van der Waals surface area contributed by atoms with Gasteiger partial charge in [0, 0.05) is 24.9 Å². The van der Waals surface area contributed by atoms with Crippen LogP contribution in [-0.2, 0) is 17.8 Å². The Morgan fingerprint density at radius 1 is 1.36 bits per heavy atom. The molecule has 0 aliphatic heterocycles. The summed E-state index contributed by atoms with van der Waals surface area (Å²) in [4.78, 5) is 29.5. The first-order valence-corrected chi connectivity index (χ1v) is 9.65. The topological polar surface area (TPSA) is 77.1 Å². The Kier molecular flexibility index (Phi) is 4.57. The molecule has 0 spiro atoms. The fourth-order valence-electron chi connectivity index (χ4n) is 4.07. The van der Waals surface area contributed by atoms with Crippen LogP contribution >= 0.6 is 0 Å². The first-order valence-electron chi connectivity index (χ1n) is 9.65. The summed E-state index contributed by atoms with van der Waals surface area (Å²) in [6.07, 6.45) is 3.48. The standard InChI is InChI=1S/C22H25N3O3/c1-14-10-16-18(11-22(2,3)12-19(16)28-14)24-20(26)8-9-25-13-23-17-7-5-4-6-15(17)21(25)27/h4-7,10,13,18H,8-9,11-12H2,1-3H3,(H,24,26). The molecule has 146 valence electrons. The maximum atomic E-state index is 12.6. The predicted molar refractivity (Wildman–Crippen MR) is 107 cm³/mol.